The molecule has 1 aliphatic rings. The number of fused-ring (bicyclic) bond motifs is 1. The average molecular weight is 455 g/mol. The molecule has 1 aliphatic heterocycles. The van der Waals surface area contributed by atoms with Crippen molar-refractivity contribution in [3.8, 4) is 17.5 Å². The van der Waals surface area contributed by atoms with Gasteiger partial charge in [-0.15, -0.1) is 10.2 Å². The monoisotopic (exact) mass is 455 g/mol. The van der Waals surface area contributed by atoms with E-state index in [1.165, 1.54) is 6.07 Å². The summed E-state index contributed by atoms with van der Waals surface area (Å²) >= 11 is 0. The van der Waals surface area contributed by atoms with Crippen molar-refractivity contribution in [3.05, 3.63) is 82.9 Å². The lowest BCUT2D eigenvalue weighted by atomic mass is 10.1. The highest BCUT2D eigenvalue weighted by Crippen LogP contribution is 2.28. The zero-order chi connectivity index (χ0) is 23.5. The van der Waals surface area contributed by atoms with Crippen molar-refractivity contribution in [2.75, 3.05) is 18.4 Å². The van der Waals surface area contributed by atoms with Crippen LogP contribution in [0.25, 0.3) is 11.5 Å². The lowest BCUT2D eigenvalue weighted by Gasteiger charge is -2.29. The first-order chi connectivity index (χ1) is 16.6. The molecule has 0 radical (unpaired) electrons. The fraction of sp³-hybridized carbons (Fsp3) is 0.240. The number of anilines is 2. The number of aryl methyl sites for hydroxylation is 1. The van der Waals surface area contributed by atoms with Gasteiger partial charge in [-0.05, 0) is 37.3 Å². The zero-order valence-electron chi connectivity index (χ0n) is 18.6. The molecule has 0 spiro atoms. The summed E-state index contributed by atoms with van der Waals surface area (Å²) in [5, 5.41) is 20.4. The third kappa shape index (κ3) is 4.63. The number of nitrogens with zero attached hydrogens (tertiary/aromatic N) is 6. The van der Waals surface area contributed by atoms with Gasteiger partial charge in [-0.25, -0.2) is 14.4 Å². The normalized spacial score (nSPS) is 13.3. The Hall–Kier alpha value is -4.16. The molecule has 0 amide bonds. The first-order valence-corrected chi connectivity index (χ1v) is 11.0. The van der Waals surface area contributed by atoms with E-state index in [-0.39, 0.29) is 11.3 Å². The van der Waals surface area contributed by atoms with Crippen LogP contribution in [0.3, 0.4) is 0 Å². The van der Waals surface area contributed by atoms with Crippen LogP contribution >= 0.6 is 0 Å². The highest BCUT2D eigenvalue weighted by molar-refractivity contribution is 5.62. The van der Waals surface area contributed by atoms with E-state index >= 15 is 0 Å². The number of aromatic nitrogens is 4. The highest BCUT2D eigenvalue weighted by Gasteiger charge is 2.23. The van der Waals surface area contributed by atoms with Crippen LogP contribution in [0.2, 0.25) is 0 Å². The molecule has 5 rings (SSSR count). The van der Waals surface area contributed by atoms with Crippen molar-refractivity contribution in [1.29, 1.82) is 5.26 Å². The van der Waals surface area contributed by atoms with Crippen LogP contribution in [0, 0.1) is 24.1 Å². The summed E-state index contributed by atoms with van der Waals surface area (Å²) in [5.74, 6) is 1.81. The molecule has 170 valence electrons. The predicted molar refractivity (Wildman–Crippen MR) is 124 cm³/mol. The maximum absolute atomic E-state index is 14.5. The Labute approximate surface area is 196 Å². The number of nitriles is 1. The Balaban J connectivity index is 1.30. The van der Waals surface area contributed by atoms with Gasteiger partial charge in [0.15, 0.2) is 0 Å². The molecule has 34 heavy (non-hydrogen) atoms. The van der Waals surface area contributed by atoms with Crippen LogP contribution < -0.4 is 5.32 Å². The minimum atomic E-state index is -0.498. The summed E-state index contributed by atoms with van der Waals surface area (Å²) in [6.45, 7) is 4.02. The fourth-order valence-corrected chi connectivity index (χ4v) is 4.01. The molecule has 0 fully saturated rings. The number of nitrogens with one attached hydrogen (secondary N) is 1. The van der Waals surface area contributed by atoms with E-state index in [1.54, 1.807) is 12.1 Å². The van der Waals surface area contributed by atoms with Crippen molar-refractivity contribution < 1.29 is 8.81 Å². The summed E-state index contributed by atoms with van der Waals surface area (Å²) in [6, 6.07) is 16.0. The molecular formula is C25H22FN7O. The Morgan fingerprint density at radius 1 is 1.15 bits per heavy atom. The van der Waals surface area contributed by atoms with Crippen molar-refractivity contribution >= 4 is 11.5 Å². The van der Waals surface area contributed by atoms with Gasteiger partial charge in [-0.3, -0.25) is 4.90 Å². The second-order valence-electron chi connectivity index (χ2n) is 8.12. The minimum absolute atomic E-state index is 0.270. The molecule has 0 saturated heterocycles. The first kappa shape index (κ1) is 21.7. The highest BCUT2D eigenvalue weighted by atomic mass is 19.1. The fourth-order valence-electron chi connectivity index (χ4n) is 4.01. The predicted octanol–water partition coefficient (Wildman–Crippen LogP) is 4.19. The average Bonchev–Trinajstić information content (AvgIpc) is 3.34. The summed E-state index contributed by atoms with van der Waals surface area (Å²) < 4.78 is 20.3. The maximum Gasteiger partial charge on any atom is 0.247 e. The first-order valence-electron chi connectivity index (χ1n) is 11.0. The molecule has 0 atom stereocenters. The SMILES string of the molecule is Cc1nc2c(c(Nc3ccc(C#N)cc3F)n1)CN(CCc1nnc(-c3ccccc3)o1)CC2. The van der Waals surface area contributed by atoms with E-state index in [0.717, 1.165) is 36.3 Å². The molecule has 0 aliphatic carbocycles. The third-order valence-corrected chi connectivity index (χ3v) is 5.73. The summed E-state index contributed by atoms with van der Waals surface area (Å²) in [4.78, 5) is 11.4. The number of hydrogen-bond acceptors (Lipinski definition) is 8. The van der Waals surface area contributed by atoms with Gasteiger partial charge in [0.1, 0.15) is 17.5 Å². The molecule has 0 bridgehead atoms. The molecule has 8 nitrogen and oxygen atoms in total. The van der Waals surface area contributed by atoms with Gasteiger partial charge in [-0.2, -0.15) is 5.26 Å². The standard InChI is InChI=1S/C25H22FN7O/c1-16-28-21-9-11-33(12-10-23-31-32-25(34-23)18-5-3-2-4-6-18)15-19(21)24(29-16)30-22-8-7-17(14-27)13-20(22)26/h2-8,13H,9-12,15H2,1H3,(H,28,29,30). The second kappa shape index (κ2) is 9.37. The molecular weight excluding hydrogens is 433 g/mol. The summed E-state index contributed by atoms with van der Waals surface area (Å²) in [6.07, 6.45) is 1.39. The van der Waals surface area contributed by atoms with Gasteiger partial charge in [0, 0.05) is 43.6 Å². The Morgan fingerprint density at radius 2 is 2.00 bits per heavy atom. The van der Waals surface area contributed by atoms with E-state index in [0.29, 0.717) is 36.4 Å². The second-order valence-corrected chi connectivity index (χ2v) is 8.12. The molecule has 2 aromatic heterocycles. The Kier molecular flexibility index (Phi) is 5.97. The topological polar surface area (TPSA) is 104 Å². The maximum atomic E-state index is 14.5. The molecule has 0 saturated carbocycles. The van der Waals surface area contributed by atoms with Crippen molar-refractivity contribution in [2.45, 2.75) is 26.3 Å². The van der Waals surface area contributed by atoms with E-state index in [2.05, 4.69) is 30.4 Å². The van der Waals surface area contributed by atoms with Gasteiger partial charge in [0.2, 0.25) is 11.8 Å². The van der Waals surface area contributed by atoms with Crippen LogP contribution in [0.15, 0.2) is 52.9 Å². The van der Waals surface area contributed by atoms with E-state index < -0.39 is 5.82 Å². The van der Waals surface area contributed by atoms with Gasteiger partial charge in [0.05, 0.1) is 23.0 Å². The molecule has 2 aromatic carbocycles. The molecule has 4 aromatic rings. The third-order valence-electron chi connectivity index (χ3n) is 5.73. The van der Waals surface area contributed by atoms with Gasteiger partial charge in [-0.1, -0.05) is 18.2 Å². The Bertz CT molecular complexity index is 1360. The summed E-state index contributed by atoms with van der Waals surface area (Å²) in [5.41, 5.74) is 3.34. The number of benzene rings is 2. The quantitative estimate of drug-likeness (QED) is 0.462. The van der Waals surface area contributed by atoms with Gasteiger partial charge < -0.3 is 9.73 Å². The minimum Gasteiger partial charge on any atom is -0.421 e. The van der Waals surface area contributed by atoms with E-state index in [9.17, 15) is 4.39 Å². The summed E-state index contributed by atoms with van der Waals surface area (Å²) in [7, 11) is 0. The Morgan fingerprint density at radius 3 is 2.79 bits per heavy atom. The van der Waals surface area contributed by atoms with Crippen molar-refractivity contribution in [3.63, 3.8) is 0 Å². The van der Waals surface area contributed by atoms with Crippen LogP contribution in [0.4, 0.5) is 15.9 Å². The van der Waals surface area contributed by atoms with Gasteiger partial charge >= 0.3 is 0 Å². The smallest absolute Gasteiger partial charge is 0.247 e. The number of hydrogen-bond donors (Lipinski definition) is 1. The number of halogens is 1. The lowest BCUT2D eigenvalue weighted by Crippen LogP contribution is -2.33. The van der Waals surface area contributed by atoms with E-state index in [4.69, 9.17) is 9.68 Å². The molecule has 3 heterocycles. The van der Waals surface area contributed by atoms with Crippen LogP contribution in [0.1, 0.15) is 28.5 Å². The number of rotatable bonds is 6. The zero-order valence-corrected chi connectivity index (χ0v) is 18.6. The van der Waals surface area contributed by atoms with Crippen LogP contribution in [-0.2, 0) is 19.4 Å². The van der Waals surface area contributed by atoms with Crippen LogP contribution in [-0.4, -0.2) is 38.2 Å². The lowest BCUT2D eigenvalue weighted by molar-refractivity contribution is 0.248. The molecule has 0 unspecified atom stereocenters. The van der Waals surface area contributed by atoms with Crippen molar-refractivity contribution in [2.24, 2.45) is 0 Å². The van der Waals surface area contributed by atoms with Crippen LogP contribution in [0.5, 0.6) is 0 Å². The molecule has 1 N–H and O–H groups in total. The van der Waals surface area contributed by atoms with Gasteiger partial charge in [0.25, 0.3) is 0 Å². The largest absolute Gasteiger partial charge is 0.421 e. The van der Waals surface area contributed by atoms with E-state index in [1.807, 2.05) is 43.3 Å². The van der Waals surface area contributed by atoms with Crippen molar-refractivity contribution in [1.82, 2.24) is 25.1 Å². The molecule has 9 heteroatoms.